The van der Waals surface area contributed by atoms with E-state index in [0.29, 0.717) is 28.4 Å². The highest BCUT2D eigenvalue weighted by atomic mass is 16.3. The fourth-order valence-electron chi connectivity index (χ4n) is 2.72. The number of anilines is 1. The van der Waals surface area contributed by atoms with Crippen LogP contribution >= 0.6 is 0 Å². The Labute approximate surface area is 150 Å². The van der Waals surface area contributed by atoms with E-state index in [1.54, 1.807) is 12.3 Å². The molecule has 5 nitrogen and oxygen atoms in total. The lowest BCUT2D eigenvalue weighted by molar-refractivity contribution is 0.102. The molecular formula is C21H17N3O2. The van der Waals surface area contributed by atoms with Gasteiger partial charge in [-0.2, -0.15) is 4.98 Å². The second-order valence-electron chi connectivity index (χ2n) is 5.93. The summed E-state index contributed by atoms with van der Waals surface area (Å²) in [6, 6.07) is 18.7. The first kappa shape index (κ1) is 16.0. The van der Waals surface area contributed by atoms with Crippen LogP contribution in [0.2, 0.25) is 0 Å². The molecule has 4 rings (SSSR count). The number of oxazole rings is 1. The van der Waals surface area contributed by atoms with Gasteiger partial charge in [-0.15, -0.1) is 0 Å². The second-order valence-corrected chi connectivity index (χ2v) is 5.93. The van der Waals surface area contributed by atoms with Gasteiger partial charge in [-0.3, -0.25) is 4.79 Å². The fraction of sp³-hybridized carbons (Fsp3) is 0.0952. The van der Waals surface area contributed by atoms with E-state index < -0.39 is 0 Å². The van der Waals surface area contributed by atoms with Crippen LogP contribution in [0, 0.1) is 0 Å². The van der Waals surface area contributed by atoms with Gasteiger partial charge in [0.05, 0.1) is 0 Å². The molecule has 1 N–H and O–H groups in total. The highest BCUT2D eigenvalue weighted by molar-refractivity contribution is 6.04. The zero-order valence-corrected chi connectivity index (χ0v) is 14.3. The molecule has 0 saturated carbocycles. The van der Waals surface area contributed by atoms with Gasteiger partial charge in [0.2, 0.25) is 5.89 Å². The smallest absolute Gasteiger partial charge is 0.255 e. The summed E-state index contributed by atoms with van der Waals surface area (Å²) < 4.78 is 5.74. The summed E-state index contributed by atoms with van der Waals surface area (Å²) >= 11 is 0. The van der Waals surface area contributed by atoms with Gasteiger partial charge < -0.3 is 9.73 Å². The first-order valence-electron chi connectivity index (χ1n) is 8.45. The molecule has 128 valence electrons. The fourth-order valence-corrected chi connectivity index (χ4v) is 2.72. The monoisotopic (exact) mass is 343 g/mol. The van der Waals surface area contributed by atoms with E-state index in [1.807, 2.05) is 54.6 Å². The molecule has 0 radical (unpaired) electrons. The van der Waals surface area contributed by atoms with E-state index >= 15 is 0 Å². The molecule has 0 atom stereocenters. The Morgan fingerprint density at radius 2 is 1.92 bits per heavy atom. The molecule has 0 bridgehead atoms. The minimum absolute atomic E-state index is 0.149. The lowest BCUT2D eigenvalue weighted by Crippen LogP contribution is -2.11. The number of hydrogen-bond donors (Lipinski definition) is 1. The van der Waals surface area contributed by atoms with E-state index in [2.05, 4.69) is 22.2 Å². The maximum absolute atomic E-state index is 12.4. The number of hydrogen-bond acceptors (Lipinski definition) is 4. The van der Waals surface area contributed by atoms with E-state index in [1.165, 1.54) is 5.56 Å². The average Bonchev–Trinajstić information content (AvgIpc) is 3.12. The van der Waals surface area contributed by atoms with Crippen molar-refractivity contribution in [2.45, 2.75) is 13.3 Å². The number of carbonyl (C=O) groups excluding carboxylic acids is 1. The number of rotatable bonds is 4. The molecule has 0 spiro atoms. The number of pyridine rings is 1. The molecule has 2 aromatic heterocycles. The quantitative estimate of drug-likeness (QED) is 0.583. The summed E-state index contributed by atoms with van der Waals surface area (Å²) in [5.74, 6) is 0.325. The van der Waals surface area contributed by atoms with Gasteiger partial charge in [-0.05, 0) is 54.4 Å². The van der Waals surface area contributed by atoms with E-state index in [0.717, 1.165) is 12.0 Å². The topological polar surface area (TPSA) is 68.0 Å². The van der Waals surface area contributed by atoms with Gasteiger partial charge in [-0.25, -0.2) is 4.98 Å². The highest BCUT2D eigenvalue weighted by Gasteiger charge is 2.11. The van der Waals surface area contributed by atoms with E-state index in [-0.39, 0.29) is 5.91 Å². The van der Waals surface area contributed by atoms with Crippen LogP contribution in [0.25, 0.3) is 22.7 Å². The summed E-state index contributed by atoms with van der Waals surface area (Å²) in [7, 11) is 0. The minimum Gasteiger partial charge on any atom is -0.434 e. The summed E-state index contributed by atoms with van der Waals surface area (Å²) in [5, 5.41) is 2.92. The average molecular weight is 343 g/mol. The number of benzene rings is 2. The van der Waals surface area contributed by atoms with Crippen molar-refractivity contribution in [3.8, 4) is 11.5 Å². The van der Waals surface area contributed by atoms with Gasteiger partial charge in [0.1, 0.15) is 0 Å². The molecule has 4 aromatic rings. The standard InChI is InChI=1S/C21H17N3O2/c1-2-14-8-10-15(11-9-14)20(25)23-17-6-3-5-16(13-17)21-24-19-18(26-21)7-4-12-22-19/h3-13H,2H2,1H3,(H,23,25). The highest BCUT2D eigenvalue weighted by Crippen LogP contribution is 2.25. The maximum Gasteiger partial charge on any atom is 0.255 e. The molecule has 2 aromatic carbocycles. The van der Waals surface area contributed by atoms with Gasteiger partial charge in [0, 0.05) is 23.0 Å². The molecule has 2 heterocycles. The zero-order valence-electron chi connectivity index (χ0n) is 14.3. The predicted octanol–water partition coefficient (Wildman–Crippen LogP) is 4.70. The molecule has 0 unspecified atom stereocenters. The van der Waals surface area contributed by atoms with Crippen LogP contribution < -0.4 is 5.32 Å². The van der Waals surface area contributed by atoms with Crippen LogP contribution in [-0.2, 0) is 6.42 Å². The number of carbonyl (C=O) groups is 1. The number of fused-ring (bicyclic) bond motifs is 1. The number of nitrogens with one attached hydrogen (secondary N) is 1. The molecule has 0 aliphatic heterocycles. The molecule has 1 amide bonds. The van der Waals surface area contributed by atoms with E-state index in [4.69, 9.17) is 4.42 Å². The van der Waals surface area contributed by atoms with Crippen molar-refractivity contribution in [1.29, 1.82) is 0 Å². The van der Waals surface area contributed by atoms with Crippen molar-refractivity contribution >= 4 is 22.8 Å². The van der Waals surface area contributed by atoms with Gasteiger partial charge in [-0.1, -0.05) is 25.1 Å². The normalized spacial score (nSPS) is 10.8. The Bertz CT molecular complexity index is 1040. The largest absolute Gasteiger partial charge is 0.434 e. The van der Waals surface area contributed by atoms with Crippen molar-refractivity contribution in [3.05, 3.63) is 78.0 Å². The second kappa shape index (κ2) is 6.80. The maximum atomic E-state index is 12.4. The molecule has 0 fully saturated rings. The minimum atomic E-state index is -0.149. The summed E-state index contributed by atoms with van der Waals surface area (Å²) in [6.45, 7) is 2.09. The van der Waals surface area contributed by atoms with Crippen LogP contribution in [0.1, 0.15) is 22.8 Å². The molecule has 0 saturated heterocycles. The van der Waals surface area contributed by atoms with Crippen LogP contribution in [0.5, 0.6) is 0 Å². The van der Waals surface area contributed by atoms with Crippen molar-refractivity contribution in [2.75, 3.05) is 5.32 Å². The van der Waals surface area contributed by atoms with Crippen LogP contribution in [0.4, 0.5) is 5.69 Å². The van der Waals surface area contributed by atoms with Crippen LogP contribution in [0.3, 0.4) is 0 Å². The molecule has 5 heteroatoms. The first-order chi connectivity index (χ1) is 12.7. The third kappa shape index (κ3) is 3.19. The lowest BCUT2D eigenvalue weighted by atomic mass is 10.1. The van der Waals surface area contributed by atoms with Crippen molar-refractivity contribution in [2.24, 2.45) is 0 Å². The lowest BCUT2D eigenvalue weighted by Gasteiger charge is -2.07. The number of nitrogens with zero attached hydrogens (tertiary/aromatic N) is 2. The Balaban J connectivity index is 1.57. The Morgan fingerprint density at radius 3 is 2.69 bits per heavy atom. The van der Waals surface area contributed by atoms with Crippen molar-refractivity contribution < 1.29 is 9.21 Å². The molecule has 26 heavy (non-hydrogen) atoms. The first-order valence-corrected chi connectivity index (χ1v) is 8.45. The zero-order chi connectivity index (χ0) is 17.9. The van der Waals surface area contributed by atoms with Gasteiger partial charge in [0.25, 0.3) is 5.91 Å². The third-order valence-electron chi connectivity index (χ3n) is 4.16. The summed E-state index contributed by atoms with van der Waals surface area (Å²) in [6.07, 6.45) is 2.62. The molecular weight excluding hydrogens is 326 g/mol. The Hall–Kier alpha value is -3.47. The number of aryl methyl sites for hydroxylation is 1. The van der Waals surface area contributed by atoms with Crippen LogP contribution in [0.15, 0.2) is 71.3 Å². The van der Waals surface area contributed by atoms with Crippen molar-refractivity contribution in [1.82, 2.24) is 9.97 Å². The van der Waals surface area contributed by atoms with E-state index in [9.17, 15) is 4.79 Å². The third-order valence-corrected chi connectivity index (χ3v) is 4.16. The molecule has 0 aliphatic carbocycles. The van der Waals surface area contributed by atoms with Crippen molar-refractivity contribution in [3.63, 3.8) is 0 Å². The number of amides is 1. The SMILES string of the molecule is CCc1ccc(C(=O)Nc2cccc(-c3nc4ncccc4o3)c2)cc1. The Kier molecular flexibility index (Phi) is 4.19. The Morgan fingerprint density at radius 1 is 1.08 bits per heavy atom. The van der Waals surface area contributed by atoms with Gasteiger partial charge in [0.15, 0.2) is 11.2 Å². The number of aromatic nitrogens is 2. The van der Waals surface area contributed by atoms with Crippen LogP contribution in [-0.4, -0.2) is 15.9 Å². The van der Waals surface area contributed by atoms with Gasteiger partial charge >= 0.3 is 0 Å². The summed E-state index contributed by atoms with van der Waals surface area (Å²) in [4.78, 5) is 21.0. The summed E-state index contributed by atoms with van der Waals surface area (Å²) in [5.41, 5.74) is 4.48. The molecule has 0 aliphatic rings. The predicted molar refractivity (Wildman–Crippen MR) is 101 cm³/mol.